The topological polar surface area (TPSA) is 100 Å². The average molecular weight is 274 g/mol. The normalized spacial score (nSPS) is 11.1. The van der Waals surface area contributed by atoms with Crippen LogP contribution < -0.4 is 10.2 Å². The summed E-state index contributed by atoms with van der Waals surface area (Å²) < 4.78 is 10.5. The summed E-state index contributed by atoms with van der Waals surface area (Å²) in [5, 5.41) is 29.3. The lowest BCUT2D eigenvalue weighted by Crippen LogP contribution is -2.03. The fourth-order valence-electron chi connectivity index (χ4n) is 2.15. The van der Waals surface area contributed by atoms with E-state index in [2.05, 4.69) is 0 Å². The zero-order chi connectivity index (χ0) is 14.4. The zero-order valence-electron chi connectivity index (χ0n) is 10.4. The summed E-state index contributed by atoms with van der Waals surface area (Å²) in [7, 11) is 1.25. The molecule has 3 N–H and O–H groups in total. The smallest absolute Gasteiger partial charge is 0.208 e. The number of phenols is 3. The maximum atomic E-state index is 12.4. The first-order chi connectivity index (χ1) is 9.56. The van der Waals surface area contributed by atoms with E-state index in [9.17, 15) is 20.1 Å². The number of para-hydroxylation sites is 1. The van der Waals surface area contributed by atoms with Crippen LogP contribution in [-0.2, 0) is 0 Å². The Morgan fingerprint density at radius 1 is 1.05 bits per heavy atom. The third-order valence-corrected chi connectivity index (χ3v) is 3.11. The molecule has 6 nitrogen and oxygen atoms in total. The third-order valence-electron chi connectivity index (χ3n) is 3.11. The second-order valence-corrected chi connectivity index (χ2v) is 4.21. The monoisotopic (exact) mass is 274 g/mol. The minimum absolute atomic E-state index is 0.121. The number of rotatable bonds is 1. The summed E-state index contributed by atoms with van der Waals surface area (Å²) in [4.78, 5) is 12.4. The molecule has 2 aromatic carbocycles. The molecule has 0 bridgehead atoms. The van der Waals surface area contributed by atoms with Gasteiger partial charge in [0.05, 0.1) is 12.5 Å². The molecule has 0 aliphatic heterocycles. The van der Waals surface area contributed by atoms with E-state index in [0.29, 0.717) is 0 Å². The number of methoxy groups -OCH3 is 1. The van der Waals surface area contributed by atoms with E-state index in [4.69, 9.17) is 9.15 Å². The van der Waals surface area contributed by atoms with Crippen LogP contribution in [0.2, 0.25) is 0 Å². The third kappa shape index (κ3) is 1.41. The maximum Gasteiger partial charge on any atom is 0.208 e. The Hall–Kier alpha value is -2.89. The first kappa shape index (κ1) is 12.2. The highest BCUT2D eigenvalue weighted by molar-refractivity contribution is 5.99. The van der Waals surface area contributed by atoms with E-state index < -0.39 is 22.7 Å². The molecular weight excluding hydrogens is 264 g/mol. The summed E-state index contributed by atoms with van der Waals surface area (Å²) >= 11 is 0. The van der Waals surface area contributed by atoms with Gasteiger partial charge < -0.3 is 24.5 Å². The van der Waals surface area contributed by atoms with Crippen LogP contribution in [0.1, 0.15) is 0 Å². The van der Waals surface area contributed by atoms with Gasteiger partial charge in [0.1, 0.15) is 11.0 Å². The first-order valence-corrected chi connectivity index (χ1v) is 5.72. The number of hydrogen-bond donors (Lipinski definition) is 3. The van der Waals surface area contributed by atoms with Gasteiger partial charge in [-0.15, -0.1) is 0 Å². The van der Waals surface area contributed by atoms with Crippen molar-refractivity contribution in [2.24, 2.45) is 0 Å². The Kier molecular flexibility index (Phi) is 2.47. The van der Waals surface area contributed by atoms with Crippen molar-refractivity contribution in [3.63, 3.8) is 0 Å². The molecule has 3 aromatic rings. The Labute approximate surface area is 112 Å². The summed E-state index contributed by atoms with van der Waals surface area (Å²) in [5.41, 5.74) is -0.357. The van der Waals surface area contributed by atoms with Gasteiger partial charge >= 0.3 is 0 Å². The molecule has 20 heavy (non-hydrogen) atoms. The molecule has 0 aliphatic carbocycles. The van der Waals surface area contributed by atoms with Gasteiger partial charge in [-0.2, -0.15) is 0 Å². The predicted molar refractivity (Wildman–Crippen MR) is 71.5 cm³/mol. The lowest BCUT2D eigenvalue weighted by atomic mass is 10.1. The number of hydrogen-bond acceptors (Lipinski definition) is 6. The standard InChI is InChI=1S/C14H10O6/c1-19-14-12(18)11(17)10(16)8-9(15)6-4-2-3-5-7(6)20-13(8)14/h2-5,16-18H,1H3. The van der Waals surface area contributed by atoms with Crippen molar-refractivity contribution in [1.29, 1.82) is 0 Å². The van der Waals surface area contributed by atoms with Gasteiger partial charge in [0.15, 0.2) is 11.3 Å². The van der Waals surface area contributed by atoms with Crippen molar-refractivity contribution in [2.75, 3.05) is 7.11 Å². The predicted octanol–water partition coefficient (Wildman–Crippen LogP) is 2.07. The molecule has 0 saturated heterocycles. The van der Waals surface area contributed by atoms with Crippen LogP contribution in [-0.4, -0.2) is 22.4 Å². The molecule has 0 spiro atoms. The Balaban J connectivity index is 2.68. The maximum absolute atomic E-state index is 12.4. The lowest BCUT2D eigenvalue weighted by molar-refractivity contribution is 0.336. The summed E-state index contributed by atoms with van der Waals surface area (Å²) in [5.74, 6) is -2.45. The van der Waals surface area contributed by atoms with Crippen LogP contribution >= 0.6 is 0 Å². The van der Waals surface area contributed by atoms with E-state index in [1.165, 1.54) is 13.2 Å². The van der Waals surface area contributed by atoms with E-state index >= 15 is 0 Å². The largest absolute Gasteiger partial charge is 0.504 e. The zero-order valence-corrected chi connectivity index (χ0v) is 10.4. The number of phenolic OH excluding ortho intramolecular Hbond substituents is 3. The molecule has 1 aromatic heterocycles. The van der Waals surface area contributed by atoms with Crippen molar-refractivity contribution in [2.45, 2.75) is 0 Å². The number of benzene rings is 2. The molecule has 1 heterocycles. The van der Waals surface area contributed by atoms with Crippen LogP contribution in [0.3, 0.4) is 0 Å². The molecule has 3 rings (SSSR count). The SMILES string of the molecule is COc1c(O)c(O)c(O)c2c(=O)c3ccccc3oc12. The fraction of sp³-hybridized carbons (Fsp3) is 0.0714. The molecule has 0 atom stereocenters. The van der Waals surface area contributed by atoms with Crippen molar-refractivity contribution in [1.82, 2.24) is 0 Å². The van der Waals surface area contributed by atoms with E-state index in [1.54, 1.807) is 18.2 Å². The highest BCUT2D eigenvalue weighted by Gasteiger charge is 2.24. The fourth-order valence-corrected chi connectivity index (χ4v) is 2.15. The summed E-state index contributed by atoms with van der Waals surface area (Å²) in [6, 6.07) is 6.45. The number of aromatic hydroxyl groups is 3. The molecule has 0 aliphatic rings. The quantitative estimate of drug-likeness (QED) is 0.464. The van der Waals surface area contributed by atoms with Crippen LogP contribution in [0.4, 0.5) is 0 Å². The van der Waals surface area contributed by atoms with Crippen molar-refractivity contribution in [3.8, 4) is 23.0 Å². The van der Waals surface area contributed by atoms with E-state index in [1.807, 2.05) is 0 Å². The van der Waals surface area contributed by atoms with Gasteiger partial charge in [0.2, 0.25) is 22.7 Å². The van der Waals surface area contributed by atoms with E-state index in [-0.39, 0.29) is 27.7 Å². The molecule has 0 unspecified atom stereocenters. The molecule has 0 amide bonds. The van der Waals surface area contributed by atoms with Crippen LogP contribution in [0.25, 0.3) is 21.9 Å². The first-order valence-electron chi connectivity index (χ1n) is 5.72. The lowest BCUT2D eigenvalue weighted by Gasteiger charge is -2.11. The van der Waals surface area contributed by atoms with Gasteiger partial charge in [-0.05, 0) is 12.1 Å². The van der Waals surface area contributed by atoms with Gasteiger partial charge in [-0.3, -0.25) is 4.79 Å². The van der Waals surface area contributed by atoms with Crippen LogP contribution in [0.15, 0.2) is 33.5 Å². The highest BCUT2D eigenvalue weighted by atomic mass is 16.5. The van der Waals surface area contributed by atoms with E-state index in [0.717, 1.165) is 0 Å². The Morgan fingerprint density at radius 3 is 2.45 bits per heavy atom. The Morgan fingerprint density at radius 2 is 1.75 bits per heavy atom. The second kappa shape index (κ2) is 4.06. The van der Waals surface area contributed by atoms with Crippen LogP contribution in [0, 0.1) is 0 Å². The Bertz CT molecular complexity index is 894. The van der Waals surface area contributed by atoms with Gasteiger partial charge in [0, 0.05) is 0 Å². The molecule has 6 heteroatoms. The minimum atomic E-state index is -0.822. The summed E-state index contributed by atoms with van der Waals surface area (Å²) in [6.45, 7) is 0. The number of fused-ring (bicyclic) bond motifs is 2. The summed E-state index contributed by atoms with van der Waals surface area (Å²) in [6.07, 6.45) is 0. The number of ether oxygens (including phenoxy) is 1. The van der Waals surface area contributed by atoms with Crippen molar-refractivity contribution in [3.05, 3.63) is 34.5 Å². The minimum Gasteiger partial charge on any atom is -0.504 e. The average Bonchev–Trinajstić information content (AvgIpc) is 2.45. The molecule has 102 valence electrons. The molecule has 0 radical (unpaired) electrons. The molecule has 0 fully saturated rings. The highest BCUT2D eigenvalue weighted by Crippen LogP contribution is 2.48. The van der Waals surface area contributed by atoms with Crippen molar-refractivity contribution >= 4 is 21.9 Å². The van der Waals surface area contributed by atoms with Gasteiger partial charge in [0.25, 0.3) is 0 Å². The van der Waals surface area contributed by atoms with Gasteiger partial charge in [-0.25, -0.2) is 0 Å². The van der Waals surface area contributed by atoms with Crippen LogP contribution in [0.5, 0.6) is 23.0 Å². The van der Waals surface area contributed by atoms with Gasteiger partial charge in [-0.1, -0.05) is 12.1 Å². The molecular formula is C14H10O6. The second-order valence-electron chi connectivity index (χ2n) is 4.21. The van der Waals surface area contributed by atoms with Crippen molar-refractivity contribution < 1.29 is 24.5 Å². The molecule has 0 saturated carbocycles.